The molecular formula is C48H86N4. The molecule has 0 aromatic carbocycles. The fraction of sp³-hybridized carbons (Fsp3) is 0.917. The van der Waals surface area contributed by atoms with E-state index in [0.717, 1.165) is 47.3 Å². The summed E-state index contributed by atoms with van der Waals surface area (Å²) in [6.07, 6.45) is 16.3. The van der Waals surface area contributed by atoms with Gasteiger partial charge in [-0.3, -0.25) is 0 Å². The van der Waals surface area contributed by atoms with Crippen molar-refractivity contribution in [3.05, 3.63) is 22.8 Å². The zero-order chi connectivity index (χ0) is 38.2. The summed E-state index contributed by atoms with van der Waals surface area (Å²) in [5, 5.41) is 0. The zero-order valence-electron chi connectivity index (χ0n) is 37.4. The summed E-state index contributed by atoms with van der Waals surface area (Å²) in [4.78, 5) is 12.0. The van der Waals surface area contributed by atoms with Gasteiger partial charge in [-0.2, -0.15) is 0 Å². The molecule has 4 aliphatic carbocycles. The van der Waals surface area contributed by atoms with Gasteiger partial charge in [0, 0.05) is 74.7 Å². The van der Waals surface area contributed by atoms with E-state index in [1.807, 2.05) is 0 Å². The Balaban J connectivity index is 1.58. The molecular weight excluding hydrogens is 633 g/mol. The van der Waals surface area contributed by atoms with E-state index in [0.29, 0.717) is 35.5 Å². The molecule has 0 radical (unpaired) electrons. The summed E-state index contributed by atoms with van der Waals surface area (Å²) in [6, 6.07) is 0. The first-order valence-corrected chi connectivity index (χ1v) is 22.8. The lowest BCUT2D eigenvalue weighted by Gasteiger charge is -2.65. The van der Waals surface area contributed by atoms with Crippen molar-refractivity contribution in [2.75, 3.05) is 28.2 Å². The fourth-order valence-corrected chi connectivity index (χ4v) is 15.9. The van der Waals surface area contributed by atoms with Crippen molar-refractivity contribution >= 4 is 0 Å². The number of likely N-dealkylation sites (N-methyl/N-ethyl adjacent to an activating group) is 4. The second kappa shape index (κ2) is 15.0. The third kappa shape index (κ3) is 6.38. The van der Waals surface area contributed by atoms with Crippen LogP contribution in [0.15, 0.2) is 22.8 Å². The first kappa shape index (κ1) is 40.3. The summed E-state index contributed by atoms with van der Waals surface area (Å²) in [6.45, 7) is 30.8. The van der Waals surface area contributed by atoms with Gasteiger partial charge in [0.1, 0.15) is 0 Å². The smallest absolute Gasteiger partial charge is 0.158 e. The van der Waals surface area contributed by atoms with Gasteiger partial charge in [0.2, 0.25) is 0 Å². The minimum atomic E-state index is -0.214. The minimum Gasteiger partial charge on any atom is -0.350 e. The predicted octanol–water partition coefficient (Wildman–Crippen LogP) is 12.2. The van der Waals surface area contributed by atoms with Gasteiger partial charge in [-0.25, -0.2) is 0 Å². The van der Waals surface area contributed by atoms with Gasteiger partial charge in [0.25, 0.3) is 0 Å². The standard InChI is InChI=1S/C48H86N4/c1-29(2)47(49(13)43(39-21-31(5)17-32(6)22-39)44(50(47)14)40-23-33(7)18-34(8)24-40)48(30(3)4)51(15)45(41-25-35(9)19-36(10)26-41)46(52(48)16)42-27-37(11)20-38(12)28-42/h29-42H,17-28H2,1-16H3. The van der Waals surface area contributed by atoms with Crippen LogP contribution in [0.5, 0.6) is 0 Å². The number of allylic oxidation sites excluding steroid dienone is 4. The fourth-order valence-electron chi connectivity index (χ4n) is 15.9. The first-order valence-electron chi connectivity index (χ1n) is 22.8. The van der Waals surface area contributed by atoms with Crippen LogP contribution in [-0.4, -0.2) is 59.1 Å². The van der Waals surface area contributed by atoms with E-state index in [-0.39, 0.29) is 11.3 Å². The molecule has 8 unspecified atom stereocenters. The molecule has 6 rings (SSSR count). The average molecular weight is 719 g/mol. The minimum absolute atomic E-state index is 0.214. The van der Waals surface area contributed by atoms with Gasteiger partial charge in [-0.05, 0) is 136 Å². The maximum atomic E-state index is 3.00. The molecule has 0 spiro atoms. The Kier molecular flexibility index (Phi) is 11.6. The van der Waals surface area contributed by atoms with Gasteiger partial charge < -0.3 is 19.6 Å². The highest BCUT2D eigenvalue weighted by atomic mass is 15.6. The van der Waals surface area contributed by atoms with Crippen molar-refractivity contribution in [3.8, 4) is 0 Å². The Morgan fingerprint density at radius 1 is 0.327 bits per heavy atom. The molecule has 4 nitrogen and oxygen atoms in total. The number of hydrogen-bond donors (Lipinski definition) is 0. The summed E-state index contributed by atoms with van der Waals surface area (Å²) in [7, 11) is 10.4. The summed E-state index contributed by atoms with van der Waals surface area (Å²) >= 11 is 0. The Labute approximate surface area is 324 Å². The van der Waals surface area contributed by atoms with Crippen molar-refractivity contribution in [1.82, 2.24) is 19.6 Å². The summed E-state index contributed by atoms with van der Waals surface area (Å²) in [5.74, 6) is 9.75. The third-order valence-corrected chi connectivity index (χ3v) is 16.4. The Hall–Kier alpha value is -1.32. The van der Waals surface area contributed by atoms with Crippen LogP contribution in [-0.2, 0) is 0 Å². The van der Waals surface area contributed by atoms with E-state index in [9.17, 15) is 0 Å². The molecule has 2 heterocycles. The van der Waals surface area contributed by atoms with Gasteiger partial charge >= 0.3 is 0 Å². The van der Waals surface area contributed by atoms with Crippen LogP contribution in [0.25, 0.3) is 0 Å². The topological polar surface area (TPSA) is 13.0 Å². The highest BCUT2D eigenvalue weighted by molar-refractivity contribution is 5.40. The van der Waals surface area contributed by atoms with Gasteiger partial charge in [0.15, 0.2) is 11.3 Å². The molecule has 0 aromatic heterocycles. The van der Waals surface area contributed by atoms with Crippen LogP contribution in [0.2, 0.25) is 0 Å². The van der Waals surface area contributed by atoms with E-state index in [1.54, 1.807) is 22.8 Å². The Bertz CT molecular complexity index is 1100. The molecule has 2 aliphatic heterocycles. The third-order valence-electron chi connectivity index (χ3n) is 16.4. The molecule has 8 atom stereocenters. The van der Waals surface area contributed by atoms with Crippen molar-refractivity contribution in [1.29, 1.82) is 0 Å². The van der Waals surface area contributed by atoms with Crippen LogP contribution in [0, 0.1) is 82.9 Å². The number of rotatable bonds is 7. The molecule has 0 bridgehead atoms. The quantitative estimate of drug-likeness (QED) is 0.260. The van der Waals surface area contributed by atoms with Gasteiger partial charge in [0.05, 0.1) is 0 Å². The van der Waals surface area contributed by atoms with Gasteiger partial charge in [-0.1, -0.05) is 83.1 Å². The molecule has 4 fully saturated rings. The van der Waals surface area contributed by atoms with E-state index in [1.165, 1.54) is 77.0 Å². The Morgan fingerprint density at radius 2 is 0.481 bits per heavy atom. The molecule has 0 N–H and O–H groups in total. The van der Waals surface area contributed by atoms with E-state index < -0.39 is 0 Å². The van der Waals surface area contributed by atoms with Crippen LogP contribution >= 0.6 is 0 Å². The van der Waals surface area contributed by atoms with Crippen LogP contribution in [0.4, 0.5) is 0 Å². The van der Waals surface area contributed by atoms with Crippen molar-refractivity contribution in [2.45, 2.75) is 171 Å². The average Bonchev–Trinajstić information content (AvgIpc) is 3.39. The van der Waals surface area contributed by atoms with Crippen molar-refractivity contribution in [2.24, 2.45) is 82.9 Å². The molecule has 0 amide bonds. The van der Waals surface area contributed by atoms with Crippen molar-refractivity contribution < 1.29 is 0 Å². The predicted molar refractivity (Wildman–Crippen MR) is 223 cm³/mol. The maximum Gasteiger partial charge on any atom is 0.158 e. The SMILES string of the molecule is CC1CC(C)CC(C2=C(C3CC(C)CC(C)C3)N(C)C(C(C)C)(C3(C(C)C)N(C)C(C4CC(C)CC(C)C4)=C(C4CC(C)CC(C)C4)N3C)N2C)C1. The monoisotopic (exact) mass is 719 g/mol. The lowest BCUT2D eigenvalue weighted by Crippen LogP contribution is -2.80. The highest BCUT2D eigenvalue weighted by Crippen LogP contribution is 2.63. The van der Waals surface area contributed by atoms with E-state index in [4.69, 9.17) is 0 Å². The highest BCUT2D eigenvalue weighted by Gasteiger charge is 2.71. The number of hydrogen-bond acceptors (Lipinski definition) is 4. The van der Waals surface area contributed by atoms with Crippen molar-refractivity contribution in [3.63, 3.8) is 0 Å². The normalized spacial score (nSPS) is 45.3. The lowest BCUT2D eigenvalue weighted by molar-refractivity contribution is -0.194. The zero-order valence-corrected chi connectivity index (χ0v) is 37.4. The van der Waals surface area contributed by atoms with Crippen LogP contribution in [0.3, 0.4) is 0 Å². The summed E-state index contributed by atoms with van der Waals surface area (Å²) in [5.41, 5.74) is 6.56. The second-order valence-electron chi connectivity index (χ2n) is 22.0. The molecule has 6 aliphatic rings. The lowest BCUT2D eigenvalue weighted by atomic mass is 9.71. The number of nitrogens with zero attached hydrogens (tertiary/aromatic N) is 4. The molecule has 298 valence electrons. The van der Waals surface area contributed by atoms with E-state index in [2.05, 4.69) is 131 Å². The second-order valence-corrected chi connectivity index (χ2v) is 22.0. The van der Waals surface area contributed by atoms with Gasteiger partial charge in [-0.15, -0.1) is 0 Å². The van der Waals surface area contributed by atoms with Crippen LogP contribution < -0.4 is 0 Å². The molecule has 4 saturated carbocycles. The Morgan fingerprint density at radius 3 is 0.615 bits per heavy atom. The molecule has 0 saturated heterocycles. The molecule has 0 aromatic rings. The van der Waals surface area contributed by atoms with Crippen LogP contribution in [0.1, 0.15) is 160 Å². The largest absolute Gasteiger partial charge is 0.350 e. The summed E-state index contributed by atoms with van der Waals surface area (Å²) < 4.78 is 0. The first-order chi connectivity index (χ1) is 24.4. The maximum absolute atomic E-state index is 3.00. The van der Waals surface area contributed by atoms with E-state index >= 15 is 0 Å². The molecule has 4 heteroatoms. The molecule has 52 heavy (non-hydrogen) atoms.